The van der Waals surface area contributed by atoms with Gasteiger partial charge in [0, 0.05) is 70.5 Å². The maximum absolute atomic E-state index is 6.43. The second-order valence-corrected chi connectivity index (χ2v) is 18.0. The van der Waals surface area contributed by atoms with Gasteiger partial charge in [-0.15, -0.1) is 11.3 Å². The molecular formula is C58H32N4O2S. The van der Waals surface area contributed by atoms with E-state index in [9.17, 15) is 0 Å². The number of aromatic nitrogens is 4. The van der Waals surface area contributed by atoms with Crippen LogP contribution >= 0.6 is 11.3 Å². The van der Waals surface area contributed by atoms with E-state index in [-0.39, 0.29) is 0 Å². The van der Waals surface area contributed by atoms with Crippen molar-refractivity contribution < 1.29 is 8.83 Å². The van der Waals surface area contributed by atoms with E-state index in [0.29, 0.717) is 5.95 Å². The average Bonchev–Trinajstić information content (AvgIpc) is 4.17. The van der Waals surface area contributed by atoms with E-state index in [1.54, 1.807) is 11.3 Å². The Morgan fingerprint density at radius 2 is 0.923 bits per heavy atom. The van der Waals surface area contributed by atoms with Crippen molar-refractivity contribution in [2.24, 2.45) is 0 Å². The van der Waals surface area contributed by atoms with Crippen LogP contribution in [0.5, 0.6) is 0 Å². The lowest BCUT2D eigenvalue weighted by atomic mass is 10.0. The fourth-order valence-electron chi connectivity index (χ4n) is 10.4. The highest BCUT2D eigenvalue weighted by atomic mass is 32.1. The van der Waals surface area contributed by atoms with Crippen molar-refractivity contribution in [3.63, 3.8) is 0 Å². The molecule has 0 amide bonds. The van der Waals surface area contributed by atoms with E-state index in [4.69, 9.17) is 18.8 Å². The molecule has 0 aliphatic carbocycles. The van der Waals surface area contributed by atoms with Crippen LogP contribution in [0.3, 0.4) is 0 Å². The van der Waals surface area contributed by atoms with Gasteiger partial charge < -0.3 is 13.4 Å². The van der Waals surface area contributed by atoms with Gasteiger partial charge in [0.1, 0.15) is 22.3 Å². The van der Waals surface area contributed by atoms with Crippen molar-refractivity contribution in [3.05, 3.63) is 194 Å². The number of thiophene rings is 1. The summed E-state index contributed by atoms with van der Waals surface area (Å²) in [4.78, 5) is 10.7. The third-order valence-corrected chi connectivity index (χ3v) is 14.5. The van der Waals surface area contributed by atoms with Gasteiger partial charge in [-0.25, -0.2) is 9.97 Å². The first kappa shape index (κ1) is 35.0. The molecule has 302 valence electrons. The third-order valence-electron chi connectivity index (χ3n) is 13.3. The van der Waals surface area contributed by atoms with Crippen molar-refractivity contribution >= 4 is 119 Å². The van der Waals surface area contributed by atoms with Gasteiger partial charge in [-0.05, 0) is 83.9 Å². The van der Waals surface area contributed by atoms with Crippen molar-refractivity contribution in [2.75, 3.05) is 0 Å². The molecule has 15 aromatic rings. The minimum Gasteiger partial charge on any atom is -0.456 e. The van der Waals surface area contributed by atoms with Crippen LogP contribution in [0.1, 0.15) is 0 Å². The normalized spacial score (nSPS) is 12.3. The van der Waals surface area contributed by atoms with Gasteiger partial charge in [-0.1, -0.05) is 115 Å². The summed E-state index contributed by atoms with van der Waals surface area (Å²) in [6.07, 6.45) is 0. The number of benzene rings is 9. The Balaban J connectivity index is 0.894. The second-order valence-electron chi connectivity index (χ2n) is 16.9. The lowest BCUT2D eigenvalue weighted by molar-refractivity contribution is 0.656. The molecule has 6 nitrogen and oxygen atoms in total. The van der Waals surface area contributed by atoms with Crippen LogP contribution in [0.15, 0.2) is 203 Å². The molecule has 0 fully saturated rings. The molecule has 0 saturated heterocycles. The summed E-state index contributed by atoms with van der Waals surface area (Å²) in [5.41, 5.74) is 14.2. The SMILES string of the molecule is c1ccc(-c2nc(-n3c4ccccc4c4cc(-c5ccc6c(c5)c5ccccc5n6-c5ccc6oc7cc8oc9ccccc9c8cc7c6c5)ccc43)nc3c2sc2ccccc23)cc1. The van der Waals surface area contributed by atoms with E-state index in [2.05, 4.69) is 185 Å². The molecule has 0 N–H and O–H groups in total. The number of hydrogen-bond donors (Lipinski definition) is 0. The summed E-state index contributed by atoms with van der Waals surface area (Å²) in [6.45, 7) is 0. The molecule has 0 bridgehead atoms. The zero-order valence-electron chi connectivity index (χ0n) is 34.5. The predicted octanol–water partition coefficient (Wildman–Crippen LogP) is 16.2. The molecule has 6 aromatic heterocycles. The van der Waals surface area contributed by atoms with E-state index in [1.165, 1.54) is 15.5 Å². The van der Waals surface area contributed by atoms with Crippen LogP contribution in [0.4, 0.5) is 0 Å². The van der Waals surface area contributed by atoms with E-state index in [1.807, 2.05) is 18.2 Å². The third kappa shape index (κ3) is 4.98. The van der Waals surface area contributed by atoms with Gasteiger partial charge in [-0.3, -0.25) is 4.57 Å². The summed E-state index contributed by atoms with van der Waals surface area (Å²) < 4.78 is 19.6. The van der Waals surface area contributed by atoms with Crippen LogP contribution < -0.4 is 0 Å². The number of fused-ring (bicyclic) bond motifs is 15. The molecule has 0 spiro atoms. The van der Waals surface area contributed by atoms with Gasteiger partial charge in [0.05, 0.1) is 38.0 Å². The number of hydrogen-bond acceptors (Lipinski definition) is 5. The molecule has 6 heterocycles. The van der Waals surface area contributed by atoms with Gasteiger partial charge in [0.2, 0.25) is 5.95 Å². The summed E-state index contributed by atoms with van der Waals surface area (Å²) in [7, 11) is 0. The minimum absolute atomic E-state index is 0.665. The van der Waals surface area contributed by atoms with Crippen LogP contribution in [-0.4, -0.2) is 19.1 Å². The van der Waals surface area contributed by atoms with Gasteiger partial charge in [0.15, 0.2) is 0 Å². The molecule has 0 atom stereocenters. The number of furan rings is 2. The minimum atomic E-state index is 0.665. The Kier molecular flexibility index (Phi) is 7.01. The van der Waals surface area contributed by atoms with Gasteiger partial charge >= 0.3 is 0 Å². The number of nitrogens with zero attached hydrogens (tertiary/aromatic N) is 4. The fraction of sp³-hybridized carbons (Fsp3) is 0. The Morgan fingerprint density at radius 1 is 0.354 bits per heavy atom. The molecule has 0 radical (unpaired) electrons. The molecule has 0 unspecified atom stereocenters. The predicted molar refractivity (Wildman–Crippen MR) is 269 cm³/mol. The highest BCUT2D eigenvalue weighted by molar-refractivity contribution is 7.26. The first-order valence-corrected chi connectivity index (χ1v) is 22.6. The lowest BCUT2D eigenvalue weighted by Gasteiger charge is -2.10. The largest absolute Gasteiger partial charge is 0.456 e. The Morgan fingerprint density at radius 3 is 1.68 bits per heavy atom. The van der Waals surface area contributed by atoms with Crippen LogP contribution in [0.25, 0.3) is 142 Å². The van der Waals surface area contributed by atoms with Crippen LogP contribution in [-0.2, 0) is 0 Å². The Labute approximate surface area is 373 Å². The molecule has 0 aliphatic rings. The number of rotatable bonds is 4. The van der Waals surface area contributed by atoms with E-state index in [0.717, 1.165) is 120 Å². The topological polar surface area (TPSA) is 61.9 Å². The summed E-state index contributed by atoms with van der Waals surface area (Å²) in [6, 6.07) is 69.0. The zero-order chi connectivity index (χ0) is 42.3. The van der Waals surface area contributed by atoms with Crippen molar-refractivity contribution in [3.8, 4) is 34.0 Å². The van der Waals surface area contributed by atoms with Gasteiger partial charge in [-0.2, -0.15) is 0 Å². The fourth-order valence-corrected chi connectivity index (χ4v) is 11.5. The van der Waals surface area contributed by atoms with Crippen molar-refractivity contribution in [1.29, 1.82) is 0 Å². The maximum Gasteiger partial charge on any atom is 0.235 e. The van der Waals surface area contributed by atoms with Crippen LogP contribution in [0, 0.1) is 0 Å². The van der Waals surface area contributed by atoms with Crippen molar-refractivity contribution in [1.82, 2.24) is 19.1 Å². The zero-order valence-corrected chi connectivity index (χ0v) is 35.3. The molecule has 15 rings (SSSR count). The molecule has 9 aromatic carbocycles. The van der Waals surface area contributed by atoms with E-state index >= 15 is 0 Å². The summed E-state index contributed by atoms with van der Waals surface area (Å²) >= 11 is 1.76. The molecule has 0 aliphatic heterocycles. The highest BCUT2D eigenvalue weighted by Gasteiger charge is 2.22. The second kappa shape index (κ2) is 13.0. The molecule has 65 heavy (non-hydrogen) atoms. The van der Waals surface area contributed by atoms with Crippen LogP contribution in [0.2, 0.25) is 0 Å². The summed E-state index contributed by atoms with van der Waals surface area (Å²) in [5.74, 6) is 0.665. The first-order chi connectivity index (χ1) is 32.2. The van der Waals surface area contributed by atoms with Gasteiger partial charge in [0.25, 0.3) is 0 Å². The highest BCUT2D eigenvalue weighted by Crippen LogP contribution is 2.43. The van der Waals surface area contributed by atoms with E-state index < -0.39 is 0 Å². The Hall–Kier alpha value is -8.52. The number of para-hydroxylation sites is 3. The lowest BCUT2D eigenvalue weighted by Crippen LogP contribution is -2.02. The maximum atomic E-state index is 6.43. The molecule has 7 heteroatoms. The molecule has 0 saturated carbocycles. The Bertz CT molecular complexity index is 4490. The quantitative estimate of drug-likeness (QED) is 0.177. The standard InChI is InChI=1S/C58H32N4O2S/c1-2-12-33(13-3-1)55-57-56(40-17-7-11-21-54(40)65-57)60-58(59-55)62-47-19-9-5-15-38(47)42-29-35(23-26-49(42)62)34-22-25-48-41(28-34)37-14-4-8-18-46(37)61(48)36-24-27-51-43(30-36)45-31-44-39-16-6-10-20-50(39)63-52(44)32-53(45)64-51/h1-32H. The average molecular weight is 849 g/mol. The summed E-state index contributed by atoms with van der Waals surface area (Å²) in [5, 5.41) is 10.2. The molecular weight excluding hydrogens is 817 g/mol. The monoisotopic (exact) mass is 848 g/mol. The first-order valence-electron chi connectivity index (χ1n) is 21.8. The smallest absolute Gasteiger partial charge is 0.235 e. The van der Waals surface area contributed by atoms with Crippen molar-refractivity contribution in [2.45, 2.75) is 0 Å².